The Morgan fingerprint density at radius 2 is 1.62 bits per heavy atom. The number of nitrogens with zero attached hydrogens (tertiary/aromatic N) is 1. The van der Waals surface area contributed by atoms with Crippen LogP contribution in [-0.4, -0.2) is 91.1 Å². The van der Waals surface area contributed by atoms with Gasteiger partial charge in [0.05, 0.1) is 33.0 Å². The molecule has 10 nitrogen and oxygen atoms in total. The Labute approximate surface area is 171 Å². The lowest BCUT2D eigenvalue weighted by molar-refractivity contribution is -0.135. The summed E-state index contributed by atoms with van der Waals surface area (Å²) in [5, 5.41) is 14.4. The van der Waals surface area contributed by atoms with Gasteiger partial charge in [-0.25, -0.2) is 0 Å². The van der Waals surface area contributed by atoms with Gasteiger partial charge < -0.3 is 35.0 Å². The first-order valence-corrected chi connectivity index (χ1v) is 11.3. The molecule has 0 heterocycles. The van der Waals surface area contributed by atoms with Gasteiger partial charge in [-0.3, -0.25) is 14.3 Å². The number of hydrogen-bond acceptors (Lipinski definition) is 7. The third kappa shape index (κ3) is 16.2. The molecule has 0 unspecified atom stereocenters. The monoisotopic (exact) mass is 433 g/mol. The van der Waals surface area contributed by atoms with Gasteiger partial charge >= 0.3 is 13.6 Å². The largest absolute Gasteiger partial charge is 0.480 e. The molecule has 0 atom stereocenters. The Kier molecular flexibility index (Phi) is 13.7. The van der Waals surface area contributed by atoms with Crippen molar-refractivity contribution in [2.75, 3.05) is 65.4 Å². The normalized spacial score (nSPS) is 11.8. The molecule has 29 heavy (non-hydrogen) atoms. The lowest BCUT2D eigenvalue weighted by Gasteiger charge is -2.22. The maximum absolute atomic E-state index is 11.2. The van der Waals surface area contributed by atoms with Crippen molar-refractivity contribution in [3.63, 3.8) is 0 Å². The average Bonchev–Trinajstić information content (AvgIpc) is 2.66. The molecule has 0 aliphatic rings. The fraction of sp³-hybridized carbons (Fsp3) is 0.611. The van der Waals surface area contributed by atoms with Crippen LogP contribution in [0, 0.1) is 0 Å². The predicted octanol–water partition coefficient (Wildman–Crippen LogP) is -0.0792. The third-order valence-electron chi connectivity index (χ3n) is 3.78. The van der Waals surface area contributed by atoms with Crippen molar-refractivity contribution in [1.29, 1.82) is 0 Å². The SMILES string of the molecule is O=C(O)CNCCN(CCNCCOCCOCc1ccccc1)CP(=O)(O)O. The Bertz CT molecular complexity index is 600. The summed E-state index contributed by atoms with van der Waals surface area (Å²) in [6.45, 7) is 4.13. The lowest BCUT2D eigenvalue weighted by Crippen LogP contribution is -2.39. The quantitative estimate of drug-likeness (QED) is 0.158. The molecule has 0 bridgehead atoms. The first-order valence-electron chi connectivity index (χ1n) is 9.46. The molecule has 1 aromatic rings. The van der Waals surface area contributed by atoms with E-state index < -0.39 is 13.6 Å². The molecular formula is C18H32N3O7P. The molecule has 5 N–H and O–H groups in total. The van der Waals surface area contributed by atoms with Crippen LogP contribution in [0.4, 0.5) is 0 Å². The van der Waals surface area contributed by atoms with E-state index in [2.05, 4.69) is 10.6 Å². The van der Waals surface area contributed by atoms with E-state index in [4.69, 9.17) is 24.4 Å². The van der Waals surface area contributed by atoms with Crippen LogP contribution in [0.1, 0.15) is 5.56 Å². The van der Waals surface area contributed by atoms with Crippen molar-refractivity contribution < 1.29 is 33.7 Å². The van der Waals surface area contributed by atoms with Crippen molar-refractivity contribution >= 4 is 13.6 Å². The average molecular weight is 433 g/mol. The van der Waals surface area contributed by atoms with Crippen LogP contribution in [0.3, 0.4) is 0 Å². The highest BCUT2D eigenvalue weighted by Gasteiger charge is 2.18. The number of carbonyl (C=O) groups is 1. The number of carboxylic acids is 1. The minimum atomic E-state index is -4.17. The number of nitrogens with one attached hydrogen (secondary N) is 2. The highest BCUT2D eigenvalue weighted by atomic mass is 31.2. The summed E-state index contributed by atoms with van der Waals surface area (Å²) >= 11 is 0. The van der Waals surface area contributed by atoms with Gasteiger partial charge in [-0.2, -0.15) is 0 Å². The highest BCUT2D eigenvalue weighted by Crippen LogP contribution is 2.34. The summed E-state index contributed by atoms with van der Waals surface area (Å²) < 4.78 is 22.2. The molecule has 11 heteroatoms. The van der Waals surface area contributed by atoms with Gasteiger partial charge in [0.2, 0.25) is 0 Å². The second-order valence-corrected chi connectivity index (χ2v) is 8.01. The summed E-state index contributed by atoms with van der Waals surface area (Å²) in [4.78, 5) is 30.4. The molecule has 0 radical (unpaired) electrons. The highest BCUT2D eigenvalue weighted by molar-refractivity contribution is 7.51. The maximum atomic E-state index is 11.2. The summed E-state index contributed by atoms with van der Waals surface area (Å²) in [6.07, 6.45) is -0.362. The van der Waals surface area contributed by atoms with Crippen LogP contribution in [0.15, 0.2) is 30.3 Å². The van der Waals surface area contributed by atoms with Gasteiger partial charge in [-0.1, -0.05) is 30.3 Å². The summed E-state index contributed by atoms with van der Waals surface area (Å²) in [6, 6.07) is 9.90. The second kappa shape index (κ2) is 15.5. The summed E-state index contributed by atoms with van der Waals surface area (Å²) in [7, 11) is -4.17. The molecule has 0 amide bonds. The van der Waals surface area contributed by atoms with Crippen LogP contribution >= 0.6 is 7.60 Å². The minimum absolute atomic E-state index is 0.186. The Hall–Kier alpha value is -1.36. The first kappa shape index (κ1) is 25.7. The standard InChI is InChI=1S/C18H32N3O7P/c22-18(23)14-20-7-10-21(16-29(24,25)26)9-6-19-8-11-27-12-13-28-15-17-4-2-1-3-5-17/h1-5,19-20H,6-16H2,(H,22,23)(H2,24,25,26). The molecule has 1 aromatic carbocycles. The van der Waals surface area contributed by atoms with Gasteiger partial charge in [-0.15, -0.1) is 0 Å². The Morgan fingerprint density at radius 3 is 2.28 bits per heavy atom. The lowest BCUT2D eigenvalue weighted by atomic mass is 10.2. The van der Waals surface area contributed by atoms with Crippen LogP contribution in [0.2, 0.25) is 0 Å². The van der Waals surface area contributed by atoms with Crippen LogP contribution in [-0.2, 0) is 25.4 Å². The van der Waals surface area contributed by atoms with E-state index in [1.807, 2.05) is 30.3 Å². The molecule has 1 rings (SSSR count). The minimum Gasteiger partial charge on any atom is -0.480 e. The van der Waals surface area contributed by atoms with Crippen molar-refractivity contribution in [1.82, 2.24) is 15.5 Å². The zero-order valence-electron chi connectivity index (χ0n) is 16.5. The zero-order chi connectivity index (χ0) is 21.4. The van der Waals surface area contributed by atoms with E-state index >= 15 is 0 Å². The third-order valence-corrected chi connectivity index (χ3v) is 4.55. The smallest absolute Gasteiger partial charge is 0.339 e. The van der Waals surface area contributed by atoms with Crippen LogP contribution in [0.25, 0.3) is 0 Å². The van der Waals surface area contributed by atoms with Crippen LogP contribution in [0.5, 0.6) is 0 Å². The fourth-order valence-corrected chi connectivity index (χ4v) is 3.24. The van der Waals surface area contributed by atoms with Crippen molar-refractivity contribution in [2.24, 2.45) is 0 Å². The topological polar surface area (TPSA) is 141 Å². The van der Waals surface area contributed by atoms with Crippen LogP contribution < -0.4 is 10.6 Å². The van der Waals surface area contributed by atoms with Crippen molar-refractivity contribution in [3.8, 4) is 0 Å². The van der Waals surface area contributed by atoms with E-state index in [9.17, 15) is 9.36 Å². The Morgan fingerprint density at radius 1 is 0.966 bits per heavy atom. The number of ether oxygens (including phenoxy) is 2. The van der Waals surface area contributed by atoms with Gasteiger partial charge in [0.25, 0.3) is 0 Å². The molecule has 0 aliphatic carbocycles. The van der Waals surface area contributed by atoms with E-state index in [0.29, 0.717) is 59.2 Å². The molecule has 0 aliphatic heterocycles. The molecule has 0 spiro atoms. The summed E-state index contributed by atoms with van der Waals surface area (Å²) in [5.74, 6) is -0.973. The molecule has 0 saturated heterocycles. The predicted molar refractivity (Wildman–Crippen MR) is 109 cm³/mol. The zero-order valence-corrected chi connectivity index (χ0v) is 17.4. The number of hydrogen-bond donors (Lipinski definition) is 5. The fourth-order valence-electron chi connectivity index (χ4n) is 2.44. The molecule has 166 valence electrons. The van der Waals surface area contributed by atoms with E-state index in [-0.39, 0.29) is 12.8 Å². The number of benzene rings is 1. The van der Waals surface area contributed by atoms with E-state index in [0.717, 1.165) is 5.56 Å². The molecule has 0 aromatic heterocycles. The summed E-state index contributed by atoms with van der Waals surface area (Å²) in [5.41, 5.74) is 1.12. The number of rotatable bonds is 18. The van der Waals surface area contributed by atoms with Gasteiger partial charge in [0.1, 0.15) is 6.29 Å². The number of carboxylic acid groups (broad SMARTS) is 1. The maximum Gasteiger partial charge on any atom is 0.339 e. The Balaban J connectivity index is 2.03. The van der Waals surface area contributed by atoms with Crippen molar-refractivity contribution in [2.45, 2.75) is 6.61 Å². The molecular weight excluding hydrogens is 401 g/mol. The van der Waals surface area contributed by atoms with Gasteiger partial charge in [0, 0.05) is 32.7 Å². The van der Waals surface area contributed by atoms with Gasteiger partial charge in [-0.05, 0) is 5.56 Å². The van der Waals surface area contributed by atoms with Gasteiger partial charge in [0.15, 0.2) is 0 Å². The second-order valence-electron chi connectivity index (χ2n) is 6.40. The first-order chi connectivity index (χ1) is 13.9. The molecule has 0 saturated carbocycles. The van der Waals surface area contributed by atoms with E-state index in [1.54, 1.807) is 4.90 Å². The number of aliphatic carboxylic acids is 1. The van der Waals surface area contributed by atoms with Crippen molar-refractivity contribution in [3.05, 3.63) is 35.9 Å². The molecule has 0 fully saturated rings. The van der Waals surface area contributed by atoms with E-state index in [1.165, 1.54) is 0 Å².